The number of hydrogen-bond donors (Lipinski definition) is 0. The molecule has 0 heterocycles. The van der Waals surface area contributed by atoms with Crippen molar-refractivity contribution >= 4 is 17.5 Å². The van der Waals surface area contributed by atoms with Gasteiger partial charge in [0, 0.05) is 10.8 Å². The van der Waals surface area contributed by atoms with Crippen LogP contribution in [-0.2, 0) is 4.79 Å². The predicted octanol–water partition coefficient (Wildman–Crippen LogP) is 3.54. The minimum Gasteiger partial charge on any atom is -0.298 e. The molecule has 1 fully saturated rings. The highest BCUT2D eigenvalue weighted by molar-refractivity contribution is 8.00. The maximum absolute atomic E-state index is 11.9. The van der Waals surface area contributed by atoms with Gasteiger partial charge in [0.25, 0.3) is 0 Å². The fraction of sp³-hybridized carbons (Fsp3) is 0.462. The molecule has 0 N–H and O–H groups in total. The summed E-state index contributed by atoms with van der Waals surface area (Å²) in [4.78, 5) is 13.1. The van der Waals surface area contributed by atoms with Gasteiger partial charge in [-0.3, -0.25) is 4.79 Å². The molecule has 1 aliphatic carbocycles. The third kappa shape index (κ3) is 2.63. The Labute approximate surface area is 95.3 Å². The molecule has 0 spiro atoms. The van der Waals surface area contributed by atoms with Crippen molar-refractivity contribution in [2.24, 2.45) is 5.92 Å². The molecule has 1 saturated carbocycles. The van der Waals surface area contributed by atoms with Gasteiger partial charge in [-0.2, -0.15) is 0 Å². The second-order valence-corrected chi connectivity index (χ2v) is 5.43. The van der Waals surface area contributed by atoms with Gasteiger partial charge in [0.05, 0.1) is 5.25 Å². The van der Waals surface area contributed by atoms with E-state index in [2.05, 4.69) is 19.1 Å². The van der Waals surface area contributed by atoms with Crippen molar-refractivity contribution in [3.8, 4) is 0 Å². The first-order valence-corrected chi connectivity index (χ1v) is 6.41. The largest absolute Gasteiger partial charge is 0.298 e. The zero-order valence-corrected chi connectivity index (χ0v) is 9.80. The summed E-state index contributed by atoms with van der Waals surface area (Å²) in [6.07, 6.45) is 3.31. The Morgan fingerprint density at radius 3 is 2.67 bits per heavy atom. The van der Waals surface area contributed by atoms with Gasteiger partial charge in [-0.05, 0) is 25.0 Å². The molecule has 80 valence electrons. The molecule has 1 aromatic carbocycles. The van der Waals surface area contributed by atoms with E-state index in [0.717, 1.165) is 12.8 Å². The van der Waals surface area contributed by atoms with Crippen LogP contribution in [0.15, 0.2) is 35.2 Å². The third-order valence-corrected chi connectivity index (χ3v) is 4.22. The Hall–Kier alpha value is -0.760. The number of ketones is 1. The molecule has 0 radical (unpaired) electrons. The summed E-state index contributed by atoms with van der Waals surface area (Å²) in [7, 11) is 0. The van der Waals surface area contributed by atoms with Crippen LogP contribution in [0.3, 0.4) is 0 Å². The van der Waals surface area contributed by atoms with E-state index >= 15 is 0 Å². The zero-order valence-electron chi connectivity index (χ0n) is 8.98. The molecular weight excluding hydrogens is 204 g/mol. The number of carbonyl (C=O) groups excluding carboxylic acids is 1. The standard InChI is InChI=1S/C13H16OS/c1-10-6-5-9-12(13(10)14)15-11-7-3-2-4-8-11/h2-4,7-8,10,12H,5-6,9H2,1H3. The van der Waals surface area contributed by atoms with Crippen LogP contribution in [0.4, 0.5) is 0 Å². The van der Waals surface area contributed by atoms with E-state index in [0.29, 0.717) is 5.78 Å². The molecule has 2 rings (SSSR count). The summed E-state index contributed by atoms with van der Waals surface area (Å²) in [5.41, 5.74) is 0. The molecule has 2 heteroatoms. The molecule has 1 aromatic rings. The summed E-state index contributed by atoms with van der Waals surface area (Å²) >= 11 is 1.73. The first-order chi connectivity index (χ1) is 7.27. The number of rotatable bonds is 2. The fourth-order valence-corrected chi connectivity index (χ4v) is 3.27. The van der Waals surface area contributed by atoms with E-state index < -0.39 is 0 Å². The number of Topliss-reactive ketones (excluding diaryl/α,β-unsaturated/α-hetero) is 1. The van der Waals surface area contributed by atoms with Crippen LogP contribution in [0.25, 0.3) is 0 Å². The summed E-state index contributed by atoms with van der Waals surface area (Å²) < 4.78 is 0. The van der Waals surface area contributed by atoms with Crippen LogP contribution in [0, 0.1) is 5.92 Å². The lowest BCUT2D eigenvalue weighted by atomic mass is 9.89. The Bertz CT molecular complexity index is 334. The van der Waals surface area contributed by atoms with Crippen molar-refractivity contribution in [1.29, 1.82) is 0 Å². The van der Waals surface area contributed by atoms with Crippen LogP contribution in [0.2, 0.25) is 0 Å². The lowest BCUT2D eigenvalue weighted by Crippen LogP contribution is -2.28. The lowest BCUT2D eigenvalue weighted by molar-refractivity contribution is -0.123. The van der Waals surface area contributed by atoms with Crippen LogP contribution >= 0.6 is 11.8 Å². The summed E-state index contributed by atoms with van der Waals surface area (Å²) in [6.45, 7) is 2.06. The van der Waals surface area contributed by atoms with E-state index in [4.69, 9.17) is 0 Å². The Kier molecular flexibility index (Phi) is 3.47. The van der Waals surface area contributed by atoms with Crippen molar-refractivity contribution in [2.45, 2.75) is 36.3 Å². The van der Waals surface area contributed by atoms with Gasteiger partial charge in [0.1, 0.15) is 5.78 Å². The molecule has 1 aliphatic rings. The third-order valence-electron chi connectivity index (χ3n) is 2.93. The summed E-state index contributed by atoms with van der Waals surface area (Å²) in [6, 6.07) is 10.2. The van der Waals surface area contributed by atoms with Gasteiger partial charge < -0.3 is 0 Å². The van der Waals surface area contributed by atoms with E-state index in [9.17, 15) is 4.79 Å². The zero-order chi connectivity index (χ0) is 10.7. The molecule has 0 saturated heterocycles. The molecular formula is C13H16OS. The maximum atomic E-state index is 11.9. The van der Waals surface area contributed by atoms with Crippen LogP contribution in [-0.4, -0.2) is 11.0 Å². The number of hydrogen-bond acceptors (Lipinski definition) is 2. The van der Waals surface area contributed by atoms with E-state index in [1.54, 1.807) is 11.8 Å². The molecule has 2 unspecified atom stereocenters. The van der Waals surface area contributed by atoms with Crippen molar-refractivity contribution in [1.82, 2.24) is 0 Å². The molecule has 0 amide bonds. The molecule has 0 aromatic heterocycles. The summed E-state index contributed by atoms with van der Waals surface area (Å²) in [5, 5.41) is 0.191. The molecule has 1 nitrogen and oxygen atoms in total. The van der Waals surface area contributed by atoms with E-state index in [-0.39, 0.29) is 11.2 Å². The minimum atomic E-state index is 0.191. The minimum absolute atomic E-state index is 0.191. The van der Waals surface area contributed by atoms with Crippen molar-refractivity contribution in [2.75, 3.05) is 0 Å². The Morgan fingerprint density at radius 2 is 1.93 bits per heavy atom. The highest BCUT2D eigenvalue weighted by atomic mass is 32.2. The summed E-state index contributed by atoms with van der Waals surface area (Å²) in [5.74, 6) is 0.704. The first kappa shape index (κ1) is 10.7. The number of benzene rings is 1. The van der Waals surface area contributed by atoms with Crippen molar-refractivity contribution in [3.63, 3.8) is 0 Å². The van der Waals surface area contributed by atoms with Gasteiger partial charge in [0.15, 0.2) is 0 Å². The van der Waals surface area contributed by atoms with E-state index in [1.807, 2.05) is 18.2 Å². The van der Waals surface area contributed by atoms with Gasteiger partial charge in [0.2, 0.25) is 0 Å². The fourth-order valence-electron chi connectivity index (χ4n) is 1.99. The van der Waals surface area contributed by atoms with E-state index in [1.165, 1.54) is 11.3 Å². The predicted molar refractivity (Wildman–Crippen MR) is 64.1 cm³/mol. The molecule has 15 heavy (non-hydrogen) atoms. The van der Waals surface area contributed by atoms with Crippen LogP contribution in [0.5, 0.6) is 0 Å². The number of thioether (sulfide) groups is 1. The van der Waals surface area contributed by atoms with Gasteiger partial charge >= 0.3 is 0 Å². The Morgan fingerprint density at radius 1 is 1.20 bits per heavy atom. The second kappa shape index (κ2) is 4.84. The Balaban J connectivity index is 2.03. The normalized spacial score (nSPS) is 26.6. The lowest BCUT2D eigenvalue weighted by Gasteiger charge is -2.24. The molecule has 0 bridgehead atoms. The molecule has 0 aliphatic heterocycles. The smallest absolute Gasteiger partial charge is 0.148 e. The van der Waals surface area contributed by atoms with Gasteiger partial charge in [-0.1, -0.05) is 31.5 Å². The van der Waals surface area contributed by atoms with Crippen molar-refractivity contribution < 1.29 is 4.79 Å². The topological polar surface area (TPSA) is 17.1 Å². The highest BCUT2D eigenvalue weighted by Crippen LogP contribution is 2.33. The highest BCUT2D eigenvalue weighted by Gasteiger charge is 2.28. The quantitative estimate of drug-likeness (QED) is 0.758. The van der Waals surface area contributed by atoms with Crippen LogP contribution in [0.1, 0.15) is 26.2 Å². The molecule has 2 atom stereocenters. The average Bonchev–Trinajstić information content (AvgIpc) is 2.26. The van der Waals surface area contributed by atoms with Crippen LogP contribution < -0.4 is 0 Å². The average molecular weight is 220 g/mol. The number of carbonyl (C=O) groups is 1. The monoisotopic (exact) mass is 220 g/mol. The maximum Gasteiger partial charge on any atom is 0.148 e. The van der Waals surface area contributed by atoms with Gasteiger partial charge in [-0.15, -0.1) is 11.8 Å². The van der Waals surface area contributed by atoms with Gasteiger partial charge in [-0.25, -0.2) is 0 Å². The SMILES string of the molecule is CC1CCCC(Sc2ccccc2)C1=O. The first-order valence-electron chi connectivity index (χ1n) is 5.53. The second-order valence-electron chi connectivity index (χ2n) is 4.15. The van der Waals surface area contributed by atoms with Crippen molar-refractivity contribution in [3.05, 3.63) is 30.3 Å².